The fourth-order valence-corrected chi connectivity index (χ4v) is 2.92. The van der Waals surface area contributed by atoms with Gasteiger partial charge in [0.25, 0.3) is 0 Å². The van der Waals surface area contributed by atoms with Crippen LogP contribution >= 0.6 is 0 Å². The zero-order valence-corrected chi connectivity index (χ0v) is 14.6. The Balaban J connectivity index is 2.09. The molecule has 2 atom stereocenters. The van der Waals surface area contributed by atoms with Crippen molar-refractivity contribution in [3.8, 4) is 0 Å². The summed E-state index contributed by atoms with van der Waals surface area (Å²) in [6.45, 7) is 10.3. The summed E-state index contributed by atoms with van der Waals surface area (Å²) in [5, 5.41) is 0. The number of hydrogen-bond acceptors (Lipinski definition) is 5. The largest absolute Gasteiger partial charge is 0.457 e. The Labute approximate surface area is 137 Å². The lowest BCUT2D eigenvalue weighted by atomic mass is 9.82. The highest BCUT2D eigenvalue weighted by molar-refractivity contribution is 5.68. The van der Waals surface area contributed by atoms with Crippen LogP contribution in [0.5, 0.6) is 0 Å². The van der Waals surface area contributed by atoms with Crippen molar-refractivity contribution < 1.29 is 23.8 Å². The number of piperidine rings is 1. The second kappa shape index (κ2) is 6.42. The third-order valence-corrected chi connectivity index (χ3v) is 3.99. The number of hydrogen-bond donors (Lipinski definition) is 0. The molecule has 6 heteroatoms. The van der Waals surface area contributed by atoms with Crippen LogP contribution in [-0.2, 0) is 19.0 Å². The molecule has 2 rings (SSSR count). The Morgan fingerprint density at radius 3 is 2.70 bits per heavy atom. The molecule has 0 radical (unpaired) electrons. The van der Waals surface area contributed by atoms with Crippen LogP contribution < -0.4 is 0 Å². The molecule has 0 aromatic carbocycles. The summed E-state index contributed by atoms with van der Waals surface area (Å²) < 4.78 is 16.8. The first-order valence-corrected chi connectivity index (χ1v) is 8.10. The van der Waals surface area contributed by atoms with E-state index < -0.39 is 11.4 Å². The first-order valence-electron chi connectivity index (χ1n) is 8.10. The minimum atomic E-state index is -0.699. The molecule has 0 spiro atoms. The molecule has 0 aliphatic carbocycles. The third kappa shape index (κ3) is 4.62. The van der Waals surface area contributed by atoms with Crippen molar-refractivity contribution in [2.75, 3.05) is 13.1 Å². The van der Waals surface area contributed by atoms with E-state index in [1.807, 2.05) is 34.6 Å². The number of aldehydes is 1. The van der Waals surface area contributed by atoms with E-state index in [9.17, 15) is 9.59 Å². The lowest BCUT2D eigenvalue weighted by Crippen LogP contribution is -2.46. The molecule has 0 aromatic rings. The molecule has 1 fully saturated rings. The quantitative estimate of drug-likeness (QED) is 0.746. The molecule has 6 nitrogen and oxygen atoms in total. The smallest absolute Gasteiger partial charge is 0.410 e. The van der Waals surface area contributed by atoms with Crippen LogP contribution in [0.25, 0.3) is 0 Å². The molecule has 0 bridgehead atoms. The predicted molar refractivity (Wildman–Crippen MR) is 84.4 cm³/mol. The zero-order valence-electron chi connectivity index (χ0n) is 14.6. The van der Waals surface area contributed by atoms with Gasteiger partial charge >= 0.3 is 6.09 Å². The van der Waals surface area contributed by atoms with Gasteiger partial charge in [-0.1, -0.05) is 0 Å². The van der Waals surface area contributed by atoms with Crippen molar-refractivity contribution in [1.82, 2.24) is 4.90 Å². The number of carbonyl (C=O) groups excluding carboxylic acids is 2. The maximum Gasteiger partial charge on any atom is 0.410 e. The van der Waals surface area contributed by atoms with Crippen molar-refractivity contribution >= 4 is 12.4 Å². The highest BCUT2D eigenvalue weighted by atomic mass is 16.7. The SMILES string of the molecule is CC(C)(C)OC(=O)N1CC[C@@H](CC=O)[C@@H](C2=COC(C)(C)O2)C1. The van der Waals surface area contributed by atoms with Crippen molar-refractivity contribution in [1.29, 1.82) is 0 Å². The van der Waals surface area contributed by atoms with E-state index >= 15 is 0 Å². The number of rotatable bonds is 3. The van der Waals surface area contributed by atoms with E-state index in [1.54, 1.807) is 11.2 Å². The second-order valence-corrected chi connectivity index (χ2v) is 7.62. The minimum Gasteiger partial charge on any atom is -0.457 e. The van der Waals surface area contributed by atoms with Gasteiger partial charge in [-0.25, -0.2) is 4.79 Å². The van der Waals surface area contributed by atoms with Crippen molar-refractivity contribution in [3.63, 3.8) is 0 Å². The highest BCUT2D eigenvalue weighted by Crippen LogP contribution is 2.38. The Morgan fingerprint density at radius 1 is 1.48 bits per heavy atom. The lowest BCUT2D eigenvalue weighted by Gasteiger charge is -2.38. The molecule has 0 aromatic heterocycles. The minimum absolute atomic E-state index is 0.0526. The number of amides is 1. The van der Waals surface area contributed by atoms with Crippen LogP contribution in [-0.4, -0.2) is 41.8 Å². The Morgan fingerprint density at radius 2 is 2.17 bits per heavy atom. The monoisotopic (exact) mass is 325 g/mol. The Hall–Kier alpha value is -1.72. The van der Waals surface area contributed by atoms with Gasteiger partial charge in [0.15, 0.2) is 0 Å². The summed E-state index contributed by atoms with van der Waals surface area (Å²) in [6.07, 6.45) is 3.41. The van der Waals surface area contributed by atoms with Crippen molar-refractivity contribution in [2.24, 2.45) is 11.8 Å². The molecule has 130 valence electrons. The van der Waals surface area contributed by atoms with Gasteiger partial charge in [0.2, 0.25) is 5.79 Å². The van der Waals surface area contributed by atoms with E-state index in [1.165, 1.54) is 0 Å². The van der Waals surface area contributed by atoms with E-state index in [-0.39, 0.29) is 17.9 Å². The molecule has 2 heterocycles. The second-order valence-electron chi connectivity index (χ2n) is 7.62. The maximum absolute atomic E-state index is 12.3. The summed E-state index contributed by atoms with van der Waals surface area (Å²) >= 11 is 0. The molecule has 0 N–H and O–H groups in total. The highest BCUT2D eigenvalue weighted by Gasteiger charge is 2.40. The Bertz CT molecular complexity index is 492. The molecular weight excluding hydrogens is 298 g/mol. The van der Waals surface area contributed by atoms with Gasteiger partial charge in [-0.3, -0.25) is 0 Å². The number of nitrogens with zero attached hydrogens (tertiary/aromatic N) is 1. The van der Waals surface area contributed by atoms with Crippen LogP contribution in [0, 0.1) is 11.8 Å². The number of likely N-dealkylation sites (tertiary alicyclic amines) is 1. The fraction of sp³-hybridized carbons (Fsp3) is 0.765. The van der Waals surface area contributed by atoms with Gasteiger partial charge in [0, 0.05) is 39.3 Å². The average molecular weight is 325 g/mol. The van der Waals surface area contributed by atoms with Crippen molar-refractivity contribution in [2.45, 2.75) is 58.8 Å². The van der Waals surface area contributed by atoms with Gasteiger partial charge in [0.1, 0.15) is 23.9 Å². The third-order valence-electron chi connectivity index (χ3n) is 3.99. The van der Waals surface area contributed by atoms with Gasteiger partial charge in [-0.15, -0.1) is 0 Å². The molecule has 2 aliphatic heterocycles. The maximum atomic E-state index is 12.3. The average Bonchev–Trinajstić information content (AvgIpc) is 2.77. The topological polar surface area (TPSA) is 65.1 Å². The van der Waals surface area contributed by atoms with Crippen LogP contribution in [0.3, 0.4) is 0 Å². The van der Waals surface area contributed by atoms with Crippen LogP contribution in [0.15, 0.2) is 12.0 Å². The van der Waals surface area contributed by atoms with Crippen LogP contribution in [0.4, 0.5) is 4.79 Å². The Kier molecular flexibility index (Phi) is 4.92. The van der Waals surface area contributed by atoms with E-state index in [2.05, 4.69) is 0 Å². The molecule has 2 aliphatic rings. The fourth-order valence-electron chi connectivity index (χ4n) is 2.92. The van der Waals surface area contributed by atoms with Crippen LogP contribution in [0.2, 0.25) is 0 Å². The molecular formula is C17H27NO5. The zero-order chi connectivity index (χ0) is 17.3. The number of carbonyl (C=O) groups is 2. The summed E-state index contributed by atoms with van der Waals surface area (Å²) in [7, 11) is 0. The predicted octanol–water partition coefficient (Wildman–Crippen LogP) is 3.07. The first kappa shape index (κ1) is 17.6. The molecule has 23 heavy (non-hydrogen) atoms. The molecule has 1 saturated heterocycles. The lowest BCUT2D eigenvalue weighted by molar-refractivity contribution is -0.124. The van der Waals surface area contributed by atoms with Gasteiger partial charge in [-0.05, 0) is 33.1 Å². The standard InChI is InChI=1S/C17H27NO5/c1-16(2,3)23-15(20)18-8-6-12(7-9-19)13(10-18)14-11-21-17(4,5)22-14/h9,11-13H,6-8,10H2,1-5H3/t12-,13-/m0/s1. The van der Waals surface area contributed by atoms with Crippen molar-refractivity contribution in [3.05, 3.63) is 12.0 Å². The number of ether oxygens (including phenoxy) is 3. The van der Waals surface area contributed by atoms with Crippen LogP contribution in [0.1, 0.15) is 47.5 Å². The van der Waals surface area contributed by atoms with Gasteiger partial charge in [-0.2, -0.15) is 0 Å². The summed E-state index contributed by atoms with van der Waals surface area (Å²) in [4.78, 5) is 25.0. The van der Waals surface area contributed by atoms with E-state index in [0.29, 0.717) is 25.3 Å². The van der Waals surface area contributed by atoms with Gasteiger partial charge in [0.05, 0.1) is 0 Å². The first-order chi connectivity index (χ1) is 10.6. The molecule has 0 unspecified atom stereocenters. The van der Waals surface area contributed by atoms with E-state index in [4.69, 9.17) is 14.2 Å². The van der Waals surface area contributed by atoms with Gasteiger partial charge < -0.3 is 23.9 Å². The summed E-state index contributed by atoms with van der Waals surface area (Å²) in [5.74, 6) is 0.100. The summed E-state index contributed by atoms with van der Waals surface area (Å²) in [5.41, 5.74) is -0.527. The summed E-state index contributed by atoms with van der Waals surface area (Å²) in [6, 6.07) is 0. The molecule has 0 saturated carbocycles. The normalized spacial score (nSPS) is 26.8. The van der Waals surface area contributed by atoms with E-state index in [0.717, 1.165) is 12.7 Å². The molecule has 1 amide bonds.